The minimum absolute atomic E-state index is 0.143. The van der Waals surface area contributed by atoms with Gasteiger partial charge in [0.2, 0.25) is 5.78 Å². The fourth-order valence-electron chi connectivity index (χ4n) is 2.17. The zero-order valence-corrected chi connectivity index (χ0v) is 14.5. The molecular formula is C16H17ClN2O5. The molecule has 7 nitrogen and oxygen atoms in total. The number of aromatic nitrogens is 2. The highest BCUT2D eigenvalue weighted by Crippen LogP contribution is 2.25. The zero-order valence-electron chi connectivity index (χ0n) is 13.8. The van der Waals surface area contributed by atoms with Crippen molar-refractivity contribution >= 4 is 23.4 Å². The van der Waals surface area contributed by atoms with Crippen molar-refractivity contribution < 1.29 is 23.8 Å². The first-order chi connectivity index (χ1) is 11.4. The van der Waals surface area contributed by atoms with E-state index in [-0.39, 0.29) is 16.3 Å². The molecular weight excluding hydrogens is 336 g/mol. The smallest absolute Gasteiger partial charge is 0.343 e. The number of carbonyl (C=O) groups excluding carboxylic acids is 2. The van der Waals surface area contributed by atoms with Crippen molar-refractivity contribution in [3.8, 4) is 11.5 Å². The second kappa shape index (κ2) is 7.35. The Morgan fingerprint density at radius 1 is 1.25 bits per heavy atom. The third kappa shape index (κ3) is 3.51. The zero-order chi connectivity index (χ0) is 17.9. The van der Waals surface area contributed by atoms with E-state index in [1.165, 1.54) is 25.0 Å². The Morgan fingerprint density at radius 3 is 2.50 bits per heavy atom. The number of hydrogen-bond donors (Lipinski definition) is 0. The molecule has 1 heterocycles. The van der Waals surface area contributed by atoms with Gasteiger partial charge < -0.3 is 14.2 Å². The molecule has 0 radical (unpaired) electrons. The SMILES string of the molecule is COc1ccc(OC)c(C(=O)COC(=O)c2c(C)nn(C)c2Cl)c1. The molecule has 0 fully saturated rings. The van der Waals surface area contributed by atoms with Gasteiger partial charge in [0.25, 0.3) is 0 Å². The normalized spacial score (nSPS) is 10.4. The Bertz CT molecular complexity index is 785. The van der Waals surface area contributed by atoms with Gasteiger partial charge in [0, 0.05) is 7.05 Å². The fourth-order valence-corrected chi connectivity index (χ4v) is 2.43. The number of halogens is 1. The molecule has 0 spiro atoms. The summed E-state index contributed by atoms with van der Waals surface area (Å²) in [7, 11) is 4.55. The lowest BCUT2D eigenvalue weighted by molar-refractivity contribution is 0.0473. The third-order valence-corrected chi connectivity index (χ3v) is 3.83. The van der Waals surface area contributed by atoms with Gasteiger partial charge in [0.15, 0.2) is 6.61 Å². The van der Waals surface area contributed by atoms with Crippen LogP contribution < -0.4 is 9.47 Å². The van der Waals surface area contributed by atoms with Gasteiger partial charge in [-0.3, -0.25) is 9.48 Å². The quantitative estimate of drug-likeness (QED) is 0.587. The van der Waals surface area contributed by atoms with Gasteiger partial charge in [0.1, 0.15) is 22.2 Å². The molecule has 0 aliphatic rings. The lowest BCUT2D eigenvalue weighted by atomic mass is 10.1. The first-order valence-electron chi connectivity index (χ1n) is 7.00. The molecule has 0 bridgehead atoms. The summed E-state index contributed by atoms with van der Waals surface area (Å²) in [6.45, 7) is 1.18. The summed E-state index contributed by atoms with van der Waals surface area (Å²) in [5.74, 6) is -0.262. The molecule has 0 atom stereocenters. The first-order valence-corrected chi connectivity index (χ1v) is 7.38. The molecule has 1 aromatic carbocycles. The van der Waals surface area contributed by atoms with Gasteiger partial charge in [-0.25, -0.2) is 4.79 Å². The molecule has 2 aromatic rings. The van der Waals surface area contributed by atoms with Crippen molar-refractivity contribution in [2.75, 3.05) is 20.8 Å². The molecule has 128 valence electrons. The topological polar surface area (TPSA) is 79.7 Å². The predicted molar refractivity (Wildman–Crippen MR) is 87.1 cm³/mol. The first kappa shape index (κ1) is 17.8. The number of esters is 1. The summed E-state index contributed by atoms with van der Waals surface area (Å²) < 4.78 is 16.7. The van der Waals surface area contributed by atoms with E-state index in [2.05, 4.69) is 5.10 Å². The van der Waals surface area contributed by atoms with Crippen LogP contribution >= 0.6 is 11.6 Å². The summed E-state index contributed by atoms with van der Waals surface area (Å²) in [6, 6.07) is 4.80. The fraction of sp³-hybridized carbons (Fsp3) is 0.312. The van der Waals surface area contributed by atoms with Gasteiger partial charge in [-0.15, -0.1) is 0 Å². The third-order valence-electron chi connectivity index (χ3n) is 3.40. The van der Waals surface area contributed by atoms with Crippen LogP contribution in [-0.2, 0) is 11.8 Å². The highest BCUT2D eigenvalue weighted by molar-refractivity contribution is 6.32. The molecule has 0 saturated carbocycles. The molecule has 2 rings (SSSR count). The Hall–Kier alpha value is -2.54. The molecule has 24 heavy (non-hydrogen) atoms. The van der Waals surface area contributed by atoms with Crippen LogP contribution in [-0.4, -0.2) is 42.4 Å². The second-order valence-electron chi connectivity index (χ2n) is 4.94. The van der Waals surface area contributed by atoms with Crippen LogP contribution in [0.15, 0.2) is 18.2 Å². The van der Waals surface area contributed by atoms with Crippen LogP contribution in [0, 0.1) is 6.92 Å². The maximum atomic E-state index is 12.3. The summed E-state index contributed by atoms with van der Waals surface area (Å²) in [4.78, 5) is 24.5. The summed E-state index contributed by atoms with van der Waals surface area (Å²) >= 11 is 6.01. The van der Waals surface area contributed by atoms with Gasteiger partial charge in [-0.1, -0.05) is 11.6 Å². The standard InChI is InChI=1S/C16H17ClN2O5/c1-9-14(15(17)19(2)18-9)16(21)24-8-12(20)11-7-10(22-3)5-6-13(11)23-4/h5-7H,8H2,1-4H3. The molecule has 8 heteroatoms. The molecule has 0 aliphatic carbocycles. The van der Waals surface area contributed by atoms with Crippen LogP contribution in [0.4, 0.5) is 0 Å². The van der Waals surface area contributed by atoms with E-state index >= 15 is 0 Å². The average Bonchev–Trinajstić information content (AvgIpc) is 2.84. The Labute approximate surface area is 144 Å². The van der Waals surface area contributed by atoms with Crippen molar-refractivity contribution in [3.05, 3.63) is 40.2 Å². The number of aryl methyl sites for hydroxylation is 2. The van der Waals surface area contributed by atoms with Crippen LogP contribution in [0.2, 0.25) is 5.15 Å². The van der Waals surface area contributed by atoms with E-state index in [1.54, 1.807) is 26.1 Å². The number of methoxy groups -OCH3 is 2. The summed E-state index contributed by atoms with van der Waals surface area (Å²) in [5, 5.41) is 4.19. The van der Waals surface area contributed by atoms with E-state index < -0.39 is 18.4 Å². The van der Waals surface area contributed by atoms with Crippen molar-refractivity contribution in [2.45, 2.75) is 6.92 Å². The molecule has 0 N–H and O–H groups in total. The lowest BCUT2D eigenvalue weighted by Gasteiger charge is -2.10. The predicted octanol–water partition coefficient (Wildman–Crippen LogP) is 2.44. The van der Waals surface area contributed by atoms with E-state index in [9.17, 15) is 9.59 Å². The largest absolute Gasteiger partial charge is 0.497 e. The van der Waals surface area contributed by atoms with Crippen molar-refractivity contribution in [1.29, 1.82) is 0 Å². The van der Waals surface area contributed by atoms with Crippen LogP contribution in [0.5, 0.6) is 11.5 Å². The number of rotatable bonds is 6. The number of hydrogen-bond acceptors (Lipinski definition) is 6. The van der Waals surface area contributed by atoms with Crippen LogP contribution in [0.1, 0.15) is 26.4 Å². The van der Waals surface area contributed by atoms with Gasteiger partial charge in [-0.05, 0) is 25.1 Å². The van der Waals surface area contributed by atoms with E-state index in [4.69, 9.17) is 25.8 Å². The molecule has 0 aliphatic heterocycles. The van der Waals surface area contributed by atoms with Crippen molar-refractivity contribution in [2.24, 2.45) is 7.05 Å². The Balaban J connectivity index is 2.14. The maximum absolute atomic E-state index is 12.3. The van der Waals surface area contributed by atoms with E-state index in [1.807, 2.05) is 0 Å². The second-order valence-corrected chi connectivity index (χ2v) is 5.30. The Kier molecular flexibility index (Phi) is 5.46. The number of benzene rings is 1. The maximum Gasteiger partial charge on any atom is 0.343 e. The number of ether oxygens (including phenoxy) is 3. The highest BCUT2D eigenvalue weighted by atomic mass is 35.5. The molecule has 0 unspecified atom stereocenters. The monoisotopic (exact) mass is 352 g/mol. The number of Topliss-reactive ketones (excluding diaryl/α,β-unsaturated/α-hetero) is 1. The van der Waals surface area contributed by atoms with Gasteiger partial charge in [-0.2, -0.15) is 5.10 Å². The van der Waals surface area contributed by atoms with Crippen LogP contribution in [0.3, 0.4) is 0 Å². The minimum atomic E-state index is -0.708. The summed E-state index contributed by atoms with van der Waals surface area (Å²) in [5.41, 5.74) is 0.835. The van der Waals surface area contributed by atoms with Gasteiger partial charge >= 0.3 is 5.97 Å². The molecule has 0 saturated heterocycles. The lowest BCUT2D eigenvalue weighted by Crippen LogP contribution is -2.15. The number of carbonyl (C=O) groups is 2. The van der Waals surface area contributed by atoms with Crippen molar-refractivity contribution in [1.82, 2.24) is 9.78 Å². The van der Waals surface area contributed by atoms with Gasteiger partial charge in [0.05, 0.1) is 25.5 Å². The number of ketones is 1. The highest BCUT2D eigenvalue weighted by Gasteiger charge is 2.22. The van der Waals surface area contributed by atoms with E-state index in [0.717, 1.165) is 0 Å². The minimum Gasteiger partial charge on any atom is -0.497 e. The van der Waals surface area contributed by atoms with Crippen LogP contribution in [0.25, 0.3) is 0 Å². The summed E-state index contributed by atoms with van der Waals surface area (Å²) in [6.07, 6.45) is 0. The number of nitrogens with zero attached hydrogens (tertiary/aromatic N) is 2. The Morgan fingerprint density at radius 2 is 1.96 bits per heavy atom. The molecule has 0 amide bonds. The van der Waals surface area contributed by atoms with Crippen molar-refractivity contribution in [3.63, 3.8) is 0 Å². The van der Waals surface area contributed by atoms with E-state index in [0.29, 0.717) is 17.2 Å². The average molecular weight is 353 g/mol. The molecule has 1 aromatic heterocycles.